The summed E-state index contributed by atoms with van der Waals surface area (Å²) in [4.78, 5) is 0. The van der Waals surface area contributed by atoms with Crippen molar-refractivity contribution in [3.63, 3.8) is 0 Å². The quantitative estimate of drug-likeness (QED) is 0.133. The Kier molecular flexibility index (Phi) is 10.9. The molecule has 15 heavy (non-hydrogen) atoms. The van der Waals surface area contributed by atoms with Crippen LogP contribution < -0.4 is 11.1 Å². The monoisotopic (exact) mass is 231 g/mol. The molecule has 0 amide bonds. The van der Waals surface area contributed by atoms with Crippen LogP contribution >= 0.6 is 11.8 Å². The molecule has 0 spiro atoms. The highest BCUT2D eigenvalue weighted by Gasteiger charge is 1.93. The molecule has 0 saturated carbocycles. The number of nitrogens with zero attached hydrogens (tertiary/aromatic N) is 1. The fourth-order valence-electron chi connectivity index (χ4n) is 1.04. The second kappa shape index (κ2) is 11.4. The summed E-state index contributed by atoms with van der Waals surface area (Å²) in [5.74, 6) is 2.45. The number of thioether (sulfide) groups is 1. The van der Waals surface area contributed by atoms with Crippen molar-refractivity contribution in [3.05, 3.63) is 12.7 Å². The van der Waals surface area contributed by atoms with Gasteiger partial charge in [-0.25, -0.2) is 0 Å². The second-order valence-corrected chi connectivity index (χ2v) is 4.31. The van der Waals surface area contributed by atoms with Gasteiger partial charge in [-0.3, -0.25) is 0 Å². The lowest BCUT2D eigenvalue weighted by Crippen LogP contribution is -2.19. The van der Waals surface area contributed by atoms with E-state index >= 15 is 0 Å². The second-order valence-electron chi connectivity index (χ2n) is 3.16. The molecule has 0 unspecified atom stereocenters. The predicted molar refractivity (Wildman–Crippen MR) is 67.7 cm³/mol. The third-order valence-corrected chi connectivity index (χ3v) is 2.79. The van der Waals surface area contributed by atoms with Gasteiger partial charge in [0.1, 0.15) is 5.84 Å². The van der Waals surface area contributed by atoms with Crippen LogP contribution in [0.15, 0.2) is 17.8 Å². The van der Waals surface area contributed by atoms with Crippen molar-refractivity contribution < 1.29 is 5.21 Å². The van der Waals surface area contributed by atoms with E-state index in [9.17, 15) is 0 Å². The molecule has 0 aromatic carbocycles. The first-order chi connectivity index (χ1) is 7.31. The van der Waals surface area contributed by atoms with Crippen LogP contribution in [-0.4, -0.2) is 35.6 Å². The zero-order valence-electron chi connectivity index (χ0n) is 9.11. The standard InChI is InChI=1S/C10H21N3OS/c1-2-8-15-9-7-12-6-4-3-5-10(11)13-14/h2,12,14H,1,3-9H2,(H2,11,13). The maximum Gasteiger partial charge on any atom is 0.139 e. The largest absolute Gasteiger partial charge is 0.409 e. The number of rotatable bonds is 10. The maximum atomic E-state index is 8.29. The van der Waals surface area contributed by atoms with E-state index in [4.69, 9.17) is 10.9 Å². The van der Waals surface area contributed by atoms with Crippen LogP contribution in [-0.2, 0) is 0 Å². The summed E-state index contributed by atoms with van der Waals surface area (Å²) in [5, 5.41) is 14.5. The van der Waals surface area contributed by atoms with Gasteiger partial charge in [0, 0.05) is 24.5 Å². The van der Waals surface area contributed by atoms with E-state index in [-0.39, 0.29) is 0 Å². The predicted octanol–water partition coefficient (Wildman–Crippen LogP) is 1.41. The molecule has 0 fully saturated rings. The van der Waals surface area contributed by atoms with Crippen LogP contribution in [0.3, 0.4) is 0 Å². The first-order valence-electron chi connectivity index (χ1n) is 5.17. The molecule has 0 bridgehead atoms. The number of oxime groups is 1. The van der Waals surface area contributed by atoms with Gasteiger partial charge in [0.2, 0.25) is 0 Å². The van der Waals surface area contributed by atoms with Crippen LogP contribution in [0.25, 0.3) is 0 Å². The van der Waals surface area contributed by atoms with Crippen LogP contribution in [0, 0.1) is 0 Å². The van der Waals surface area contributed by atoms with E-state index < -0.39 is 0 Å². The summed E-state index contributed by atoms with van der Waals surface area (Å²) < 4.78 is 0. The summed E-state index contributed by atoms with van der Waals surface area (Å²) >= 11 is 1.87. The molecule has 0 aliphatic rings. The Morgan fingerprint density at radius 3 is 2.93 bits per heavy atom. The minimum atomic E-state index is 0.316. The van der Waals surface area contributed by atoms with E-state index in [1.54, 1.807) is 0 Å². The van der Waals surface area contributed by atoms with Crippen molar-refractivity contribution in [2.45, 2.75) is 19.3 Å². The Hall–Kier alpha value is -0.680. The van der Waals surface area contributed by atoms with Gasteiger partial charge in [0.25, 0.3) is 0 Å². The van der Waals surface area contributed by atoms with Gasteiger partial charge in [-0.1, -0.05) is 11.2 Å². The fourth-order valence-corrected chi connectivity index (χ4v) is 1.66. The lowest BCUT2D eigenvalue weighted by molar-refractivity contribution is 0.316. The van der Waals surface area contributed by atoms with Crippen molar-refractivity contribution >= 4 is 17.6 Å². The average molecular weight is 231 g/mol. The molecule has 0 radical (unpaired) electrons. The van der Waals surface area contributed by atoms with Gasteiger partial charge in [-0.15, -0.1) is 6.58 Å². The zero-order chi connectivity index (χ0) is 11.4. The molecule has 0 aromatic heterocycles. The Morgan fingerprint density at radius 2 is 2.27 bits per heavy atom. The summed E-state index contributed by atoms with van der Waals surface area (Å²) in [6, 6.07) is 0. The van der Waals surface area contributed by atoms with E-state index in [2.05, 4.69) is 17.1 Å². The smallest absolute Gasteiger partial charge is 0.139 e. The summed E-state index contributed by atoms with van der Waals surface area (Å²) in [6.07, 6.45) is 4.61. The molecule has 0 aromatic rings. The highest BCUT2D eigenvalue weighted by Crippen LogP contribution is 1.97. The SMILES string of the molecule is C=CCSCCNCCCC/C(N)=N\O. The number of nitrogens with one attached hydrogen (secondary N) is 1. The molecule has 0 rings (SSSR count). The minimum Gasteiger partial charge on any atom is -0.409 e. The van der Waals surface area contributed by atoms with Gasteiger partial charge in [-0.05, 0) is 19.4 Å². The minimum absolute atomic E-state index is 0.316. The van der Waals surface area contributed by atoms with Crippen LogP contribution in [0.2, 0.25) is 0 Å². The normalized spacial score (nSPS) is 11.6. The molecule has 5 heteroatoms. The average Bonchev–Trinajstić information content (AvgIpc) is 2.26. The summed E-state index contributed by atoms with van der Waals surface area (Å²) in [5.41, 5.74) is 5.34. The van der Waals surface area contributed by atoms with Crippen molar-refractivity contribution in [3.8, 4) is 0 Å². The lowest BCUT2D eigenvalue weighted by Gasteiger charge is -2.03. The highest BCUT2D eigenvalue weighted by atomic mass is 32.2. The van der Waals surface area contributed by atoms with Gasteiger partial charge in [0.05, 0.1) is 0 Å². The van der Waals surface area contributed by atoms with Crippen molar-refractivity contribution in [2.75, 3.05) is 24.6 Å². The highest BCUT2D eigenvalue weighted by molar-refractivity contribution is 7.99. The Balaban J connectivity index is 3.02. The third-order valence-electron chi connectivity index (χ3n) is 1.82. The molecule has 88 valence electrons. The first kappa shape index (κ1) is 14.3. The zero-order valence-corrected chi connectivity index (χ0v) is 9.93. The van der Waals surface area contributed by atoms with Gasteiger partial charge in [0.15, 0.2) is 0 Å². The summed E-state index contributed by atoms with van der Waals surface area (Å²) in [6.45, 7) is 5.68. The molecule has 0 aliphatic carbocycles. The fraction of sp³-hybridized carbons (Fsp3) is 0.700. The number of amidine groups is 1. The molecule has 0 saturated heterocycles. The molecule has 0 aliphatic heterocycles. The topological polar surface area (TPSA) is 70.6 Å². The Morgan fingerprint density at radius 1 is 1.47 bits per heavy atom. The Labute approximate surface area is 96.0 Å². The molecule has 4 N–H and O–H groups in total. The Bertz CT molecular complexity index is 186. The molecule has 4 nitrogen and oxygen atoms in total. The van der Waals surface area contributed by atoms with E-state index in [1.807, 2.05) is 17.8 Å². The van der Waals surface area contributed by atoms with Crippen LogP contribution in [0.1, 0.15) is 19.3 Å². The van der Waals surface area contributed by atoms with Crippen LogP contribution in [0.4, 0.5) is 0 Å². The van der Waals surface area contributed by atoms with Crippen LogP contribution in [0.5, 0.6) is 0 Å². The van der Waals surface area contributed by atoms with Crippen molar-refractivity contribution in [2.24, 2.45) is 10.9 Å². The first-order valence-corrected chi connectivity index (χ1v) is 6.32. The molecular weight excluding hydrogens is 210 g/mol. The van der Waals surface area contributed by atoms with E-state index in [1.165, 1.54) is 0 Å². The van der Waals surface area contributed by atoms with Gasteiger partial charge < -0.3 is 16.3 Å². The number of unbranched alkanes of at least 4 members (excludes halogenated alkanes) is 1. The molecule has 0 heterocycles. The van der Waals surface area contributed by atoms with Gasteiger partial charge in [-0.2, -0.15) is 11.8 Å². The maximum absolute atomic E-state index is 8.29. The number of hydrogen-bond donors (Lipinski definition) is 3. The number of hydrogen-bond acceptors (Lipinski definition) is 4. The van der Waals surface area contributed by atoms with Crippen molar-refractivity contribution in [1.29, 1.82) is 0 Å². The van der Waals surface area contributed by atoms with Crippen molar-refractivity contribution in [1.82, 2.24) is 5.32 Å². The molecular formula is C10H21N3OS. The third kappa shape index (κ3) is 11.2. The van der Waals surface area contributed by atoms with E-state index in [0.29, 0.717) is 12.3 Å². The van der Waals surface area contributed by atoms with Gasteiger partial charge >= 0.3 is 0 Å². The lowest BCUT2D eigenvalue weighted by atomic mass is 10.2. The van der Waals surface area contributed by atoms with E-state index in [0.717, 1.165) is 37.4 Å². The number of nitrogens with two attached hydrogens (primary N) is 1. The summed E-state index contributed by atoms with van der Waals surface area (Å²) in [7, 11) is 0. The molecule has 0 atom stereocenters.